The molecule has 6 atom stereocenters. The van der Waals surface area contributed by atoms with E-state index < -0.39 is 0 Å². The van der Waals surface area contributed by atoms with Crippen LogP contribution in [0.25, 0.3) is 0 Å². The predicted octanol–water partition coefficient (Wildman–Crippen LogP) is 3.03. The Labute approximate surface area is 126 Å². The van der Waals surface area contributed by atoms with Gasteiger partial charge in [0, 0.05) is 13.0 Å². The lowest BCUT2D eigenvalue weighted by Crippen LogP contribution is -2.30. The SMILES string of the molecule is CO[C@H]1C[C@H]2C[C@@H]3O[C@@H]3C[C@H]2[C@@H]1COCc1ccccc1. The normalized spacial score (nSPS) is 40.6. The van der Waals surface area contributed by atoms with Crippen molar-refractivity contribution in [1.82, 2.24) is 0 Å². The van der Waals surface area contributed by atoms with Gasteiger partial charge in [0.25, 0.3) is 0 Å². The molecule has 3 aliphatic rings. The second-order valence-electron chi connectivity index (χ2n) is 6.78. The zero-order valence-electron chi connectivity index (χ0n) is 12.6. The second kappa shape index (κ2) is 5.71. The van der Waals surface area contributed by atoms with Crippen LogP contribution in [0.3, 0.4) is 0 Å². The molecular formula is C18H24O3. The summed E-state index contributed by atoms with van der Waals surface area (Å²) in [6.45, 7) is 1.51. The molecule has 1 aliphatic heterocycles. The van der Waals surface area contributed by atoms with Gasteiger partial charge in [0.1, 0.15) is 0 Å². The monoisotopic (exact) mass is 288 g/mol. The van der Waals surface area contributed by atoms with E-state index in [0.29, 0.717) is 30.8 Å². The first-order chi connectivity index (χ1) is 10.3. The van der Waals surface area contributed by atoms with Crippen molar-refractivity contribution in [3.05, 3.63) is 35.9 Å². The van der Waals surface area contributed by atoms with E-state index in [1.807, 2.05) is 13.2 Å². The molecular weight excluding hydrogens is 264 g/mol. The van der Waals surface area contributed by atoms with E-state index in [9.17, 15) is 0 Å². The number of benzene rings is 1. The average Bonchev–Trinajstić information content (AvgIpc) is 3.20. The van der Waals surface area contributed by atoms with Crippen LogP contribution in [0.4, 0.5) is 0 Å². The van der Waals surface area contributed by atoms with E-state index in [1.54, 1.807) is 0 Å². The smallest absolute Gasteiger partial charge is 0.0844 e. The van der Waals surface area contributed by atoms with Crippen molar-refractivity contribution in [2.45, 2.75) is 44.2 Å². The number of rotatable bonds is 5. The summed E-state index contributed by atoms with van der Waals surface area (Å²) in [5, 5.41) is 0. The molecule has 0 aromatic heterocycles. The average molecular weight is 288 g/mol. The van der Waals surface area contributed by atoms with Gasteiger partial charge in [0.15, 0.2) is 0 Å². The first-order valence-electron chi connectivity index (χ1n) is 8.15. The van der Waals surface area contributed by atoms with Gasteiger partial charge in [0.05, 0.1) is 31.5 Å². The Hall–Kier alpha value is -0.900. The highest BCUT2D eigenvalue weighted by Gasteiger charge is 2.55. The summed E-state index contributed by atoms with van der Waals surface area (Å²) < 4.78 is 17.5. The van der Waals surface area contributed by atoms with Crippen molar-refractivity contribution in [3.63, 3.8) is 0 Å². The first-order valence-corrected chi connectivity index (χ1v) is 8.15. The number of fused-ring (bicyclic) bond motifs is 2. The van der Waals surface area contributed by atoms with E-state index in [1.165, 1.54) is 24.8 Å². The molecule has 3 nitrogen and oxygen atoms in total. The molecule has 0 spiro atoms. The van der Waals surface area contributed by atoms with Crippen molar-refractivity contribution in [1.29, 1.82) is 0 Å². The fourth-order valence-corrected chi connectivity index (χ4v) is 4.46. The molecule has 0 radical (unpaired) electrons. The van der Waals surface area contributed by atoms with Crippen LogP contribution in [-0.4, -0.2) is 32.0 Å². The van der Waals surface area contributed by atoms with Gasteiger partial charge >= 0.3 is 0 Å². The molecule has 0 N–H and O–H groups in total. The topological polar surface area (TPSA) is 31.0 Å². The highest BCUT2D eigenvalue weighted by molar-refractivity contribution is 5.13. The maximum Gasteiger partial charge on any atom is 0.0844 e. The van der Waals surface area contributed by atoms with Crippen LogP contribution in [0.5, 0.6) is 0 Å². The van der Waals surface area contributed by atoms with Crippen LogP contribution in [0.15, 0.2) is 30.3 Å². The Morgan fingerprint density at radius 1 is 1.10 bits per heavy atom. The summed E-state index contributed by atoms with van der Waals surface area (Å²) in [7, 11) is 1.85. The number of hydrogen-bond acceptors (Lipinski definition) is 3. The number of epoxide rings is 1. The third-order valence-electron chi connectivity index (χ3n) is 5.62. The summed E-state index contributed by atoms with van der Waals surface area (Å²) >= 11 is 0. The van der Waals surface area contributed by atoms with Gasteiger partial charge in [-0.2, -0.15) is 0 Å². The molecule has 1 saturated heterocycles. The lowest BCUT2D eigenvalue weighted by Gasteiger charge is -2.27. The molecule has 1 heterocycles. The van der Waals surface area contributed by atoms with Gasteiger partial charge in [-0.25, -0.2) is 0 Å². The van der Waals surface area contributed by atoms with E-state index in [0.717, 1.165) is 18.4 Å². The van der Waals surface area contributed by atoms with Crippen LogP contribution in [-0.2, 0) is 20.8 Å². The van der Waals surface area contributed by atoms with Gasteiger partial charge in [-0.15, -0.1) is 0 Å². The lowest BCUT2D eigenvalue weighted by atomic mass is 9.78. The molecule has 0 unspecified atom stereocenters. The molecule has 0 amide bonds. The molecule has 1 aromatic carbocycles. The minimum atomic E-state index is 0.369. The summed E-state index contributed by atoms with van der Waals surface area (Å²) in [6, 6.07) is 10.4. The Bertz CT molecular complexity index is 475. The lowest BCUT2D eigenvalue weighted by molar-refractivity contribution is -0.00269. The quantitative estimate of drug-likeness (QED) is 0.780. The van der Waals surface area contributed by atoms with Gasteiger partial charge in [-0.1, -0.05) is 30.3 Å². The third-order valence-corrected chi connectivity index (χ3v) is 5.62. The molecule has 1 aromatic rings. The van der Waals surface area contributed by atoms with Gasteiger partial charge < -0.3 is 14.2 Å². The summed E-state index contributed by atoms with van der Waals surface area (Å²) in [6.07, 6.45) is 5.12. The number of ether oxygens (including phenoxy) is 3. The largest absolute Gasteiger partial charge is 0.381 e. The van der Waals surface area contributed by atoms with Crippen molar-refractivity contribution in [2.75, 3.05) is 13.7 Å². The molecule has 0 bridgehead atoms. The molecule has 2 aliphatic carbocycles. The zero-order valence-corrected chi connectivity index (χ0v) is 12.6. The second-order valence-corrected chi connectivity index (χ2v) is 6.78. The standard InChI is InChI=1S/C18H24O3/c1-19-16-7-13-8-17-18(21-17)9-14(13)15(16)11-20-10-12-5-3-2-4-6-12/h2-6,13-18H,7-11H2,1H3/t13-,14+,15-,16-,17-,18+/m0/s1. The Balaban J connectivity index is 1.36. The first kappa shape index (κ1) is 13.7. The van der Waals surface area contributed by atoms with E-state index in [4.69, 9.17) is 14.2 Å². The fourth-order valence-electron chi connectivity index (χ4n) is 4.46. The third kappa shape index (κ3) is 2.75. The fraction of sp³-hybridized carbons (Fsp3) is 0.667. The Morgan fingerprint density at radius 3 is 2.71 bits per heavy atom. The summed E-state index contributed by atoms with van der Waals surface area (Å²) in [5.41, 5.74) is 1.25. The summed E-state index contributed by atoms with van der Waals surface area (Å²) in [5.74, 6) is 2.05. The van der Waals surface area contributed by atoms with E-state index in [2.05, 4.69) is 24.3 Å². The van der Waals surface area contributed by atoms with E-state index >= 15 is 0 Å². The zero-order chi connectivity index (χ0) is 14.2. The van der Waals surface area contributed by atoms with Crippen molar-refractivity contribution < 1.29 is 14.2 Å². The molecule has 3 fully saturated rings. The molecule has 4 rings (SSSR count). The van der Waals surface area contributed by atoms with Crippen molar-refractivity contribution in [3.8, 4) is 0 Å². The predicted molar refractivity (Wildman–Crippen MR) is 79.9 cm³/mol. The van der Waals surface area contributed by atoms with Crippen LogP contribution in [0, 0.1) is 17.8 Å². The summed E-state index contributed by atoms with van der Waals surface area (Å²) in [4.78, 5) is 0. The number of hydrogen-bond donors (Lipinski definition) is 0. The maximum absolute atomic E-state index is 6.01. The van der Waals surface area contributed by atoms with Gasteiger partial charge in [-0.05, 0) is 36.7 Å². The van der Waals surface area contributed by atoms with Crippen LogP contribution in [0.1, 0.15) is 24.8 Å². The van der Waals surface area contributed by atoms with Crippen LogP contribution in [0.2, 0.25) is 0 Å². The Kier molecular flexibility index (Phi) is 3.74. The molecule has 3 heteroatoms. The maximum atomic E-state index is 6.01. The number of methoxy groups -OCH3 is 1. The van der Waals surface area contributed by atoms with Crippen LogP contribution >= 0.6 is 0 Å². The molecule has 2 saturated carbocycles. The highest BCUT2D eigenvalue weighted by Crippen LogP contribution is 2.52. The van der Waals surface area contributed by atoms with Gasteiger partial charge in [0.2, 0.25) is 0 Å². The van der Waals surface area contributed by atoms with Crippen molar-refractivity contribution in [2.24, 2.45) is 17.8 Å². The Morgan fingerprint density at radius 2 is 1.90 bits per heavy atom. The minimum Gasteiger partial charge on any atom is -0.381 e. The molecule has 21 heavy (non-hydrogen) atoms. The van der Waals surface area contributed by atoms with Crippen molar-refractivity contribution >= 4 is 0 Å². The van der Waals surface area contributed by atoms with Crippen LogP contribution < -0.4 is 0 Å². The van der Waals surface area contributed by atoms with Gasteiger partial charge in [-0.3, -0.25) is 0 Å². The highest BCUT2D eigenvalue weighted by atomic mass is 16.6. The molecule has 114 valence electrons. The minimum absolute atomic E-state index is 0.369. The van der Waals surface area contributed by atoms with E-state index in [-0.39, 0.29) is 0 Å².